The number of aromatic nitrogens is 3. The summed E-state index contributed by atoms with van der Waals surface area (Å²) in [7, 11) is 1.84. The SMILES string of the molecule is Cc1cc(CC(=O)c2ccnc(CN)c2)n(C)n1. The molecule has 0 aliphatic rings. The summed E-state index contributed by atoms with van der Waals surface area (Å²) in [6.07, 6.45) is 1.95. The molecule has 2 rings (SSSR count). The maximum absolute atomic E-state index is 12.1. The van der Waals surface area contributed by atoms with Gasteiger partial charge in [0.05, 0.1) is 17.8 Å². The number of pyridine rings is 1. The number of nitrogens with zero attached hydrogens (tertiary/aromatic N) is 3. The number of Topliss-reactive ketones (excluding diaryl/α,β-unsaturated/α-hetero) is 1. The summed E-state index contributed by atoms with van der Waals surface area (Å²) in [5.74, 6) is 0.0510. The minimum Gasteiger partial charge on any atom is -0.325 e. The molecule has 0 aromatic carbocycles. The van der Waals surface area contributed by atoms with Gasteiger partial charge in [0.1, 0.15) is 0 Å². The van der Waals surface area contributed by atoms with E-state index in [0.29, 0.717) is 18.5 Å². The van der Waals surface area contributed by atoms with Crippen molar-refractivity contribution in [2.75, 3.05) is 0 Å². The van der Waals surface area contributed by atoms with Crippen molar-refractivity contribution in [1.29, 1.82) is 0 Å². The van der Waals surface area contributed by atoms with Gasteiger partial charge in [-0.2, -0.15) is 5.10 Å². The fourth-order valence-electron chi connectivity index (χ4n) is 1.86. The van der Waals surface area contributed by atoms with Crippen molar-refractivity contribution in [2.24, 2.45) is 12.8 Å². The third-order valence-corrected chi connectivity index (χ3v) is 2.79. The van der Waals surface area contributed by atoms with Gasteiger partial charge >= 0.3 is 0 Å². The summed E-state index contributed by atoms with van der Waals surface area (Å²) >= 11 is 0. The van der Waals surface area contributed by atoms with E-state index in [1.807, 2.05) is 20.0 Å². The van der Waals surface area contributed by atoms with Crippen molar-refractivity contribution < 1.29 is 4.79 Å². The topological polar surface area (TPSA) is 73.8 Å². The van der Waals surface area contributed by atoms with Crippen molar-refractivity contribution in [3.63, 3.8) is 0 Å². The standard InChI is InChI=1S/C13H16N4O/c1-9-5-12(17(2)16-9)7-13(18)10-3-4-15-11(6-10)8-14/h3-6H,7-8,14H2,1-2H3. The molecule has 2 aromatic rings. The van der Waals surface area contributed by atoms with Gasteiger partial charge in [-0.1, -0.05) is 0 Å². The van der Waals surface area contributed by atoms with E-state index in [2.05, 4.69) is 10.1 Å². The molecule has 0 bridgehead atoms. The van der Waals surface area contributed by atoms with Crippen LogP contribution in [-0.2, 0) is 20.0 Å². The smallest absolute Gasteiger partial charge is 0.168 e. The highest BCUT2D eigenvalue weighted by Gasteiger charge is 2.11. The van der Waals surface area contributed by atoms with E-state index in [9.17, 15) is 4.79 Å². The Morgan fingerprint density at radius 1 is 1.44 bits per heavy atom. The fraction of sp³-hybridized carbons (Fsp3) is 0.308. The van der Waals surface area contributed by atoms with Crippen LogP contribution in [0.25, 0.3) is 0 Å². The summed E-state index contributed by atoms with van der Waals surface area (Å²) in [5, 5.41) is 4.22. The molecule has 0 saturated heterocycles. The molecule has 2 aromatic heterocycles. The van der Waals surface area contributed by atoms with Crippen molar-refractivity contribution in [3.05, 3.63) is 47.0 Å². The van der Waals surface area contributed by atoms with Crippen LogP contribution in [0, 0.1) is 6.92 Å². The second-order valence-electron chi connectivity index (χ2n) is 4.24. The lowest BCUT2D eigenvalue weighted by Crippen LogP contribution is -2.09. The Balaban J connectivity index is 2.19. The van der Waals surface area contributed by atoms with E-state index >= 15 is 0 Å². The van der Waals surface area contributed by atoms with Gasteiger partial charge in [0.25, 0.3) is 0 Å². The van der Waals surface area contributed by atoms with Crippen LogP contribution in [0.3, 0.4) is 0 Å². The quantitative estimate of drug-likeness (QED) is 0.814. The van der Waals surface area contributed by atoms with Gasteiger partial charge in [0.2, 0.25) is 0 Å². The van der Waals surface area contributed by atoms with Crippen LogP contribution in [0.4, 0.5) is 0 Å². The maximum Gasteiger partial charge on any atom is 0.168 e. The highest BCUT2D eigenvalue weighted by Crippen LogP contribution is 2.09. The van der Waals surface area contributed by atoms with Gasteiger partial charge in [0.15, 0.2) is 5.78 Å². The highest BCUT2D eigenvalue weighted by atomic mass is 16.1. The minimum atomic E-state index is 0.0510. The molecule has 18 heavy (non-hydrogen) atoms. The van der Waals surface area contributed by atoms with Crippen molar-refractivity contribution in [2.45, 2.75) is 19.9 Å². The average Bonchev–Trinajstić information content (AvgIpc) is 2.68. The first-order valence-corrected chi connectivity index (χ1v) is 5.78. The first-order valence-electron chi connectivity index (χ1n) is 5.78. The Hall–Kier alpha value is -2.01. The molecule has 0 fully saturated rings. The fourth-order valence-corrected chi connectivity index (χ4v) is 1.86. The summed E-state index contributed by atoms with van der Waals surface area (Å²) < 4.78 is 1.73. The molecule has 0 unspecified atom stereocenters. The van der Waals surface area contributed by atoms with E-state index in [1.165, 1.54) is 0 Å². The molecule has 0 aliphatic carbocycles. The molecule has 2 heterocycles. The van der Waals surface area contributed by atoms with Crippen LogP contribution in [0.5, 0.6) is 0 Å². The average molecular weight is 244 g/mol. The monoisotopic (exact) mass is 244 g/mol. The Kier molecular flexibility index (Phi) is 3.53. The van der Waals surface area contributed by atoms with Gasteiger partial charge in [-0.3, -0.25) is 14.5 Å². The van der Waals surface area contributed by atoms with Crippen molar-refractivity contribution in [3.8, 4) is 0 Å². The second-order valence-corrected chi connectivity index (χ2v) is 4.24. The number of hydrogen-bond acceptors (Lipinski definition) is 4. The van der Waals surface area contributed by atoms with Gasteiger partial charge in [-0.25, -0.2) is 0 Å². The zero-order valence-electron chi connectivity index (χ0n) is 10.6. The molecular weight excluding hydrogens is 228 g/mol. The first-order chi connectivity index (χ1) is 8.60. The number of nitrogens with two attached hydrogens (primary N) is 1. The Morgan fingerprint density at radius 2 is 2.22 bits per heavy atom. The largest absolute Gasteiger partial charge is 0.325 e. The molecule has 0 atom stereocenters. The van der Waals surface area contributed by atoms with E-state index in [4.69, 9.17) is 5.73 Å². The second kappa shape index (κ2) is 5.10. The summed E-state index contributed by atoms with van der Waals surface area (Å²) in [4.78, 5) is 16.2. The first kappa shape index (κ1) is 12.4. The zero-order chi connectivity index (χ0) is 13.1. The zero-order valence-corrected chi connectivity index (χ0v) is 10.6. The normalized spacial score (nSPS) is 10.6. The molecule has 0 spiro atoms. The molecular formula is C13H16N4O. The lowest BCUT2D eigenvalue weighted by Gasteiger charge is -2.03. The summed E-state index contributed by atoms with van der Waals surface area (Å²) in [6, 6.07) is 5.37. The van der Waals surface area contributed by atoms with Crippen LogP contribution < -0.4 is 5.73 Å². The predicted molar refractivity (Wildman–Crippen MR) is 68.1 cm³/mol. The van der Waals surface area contributed by atoms with Crippen LogP contribution in [0.2, 0.25) is 0 Å². The van der Waals surface area contributed by atoms with E-state index in [-0.39, 0.29) is 5.78 Å². The van der Waals surface area contributed by atoms with Crippen LogP contribution in [0.1, 0.15) is 27.4 Å². The lowest BCUT2D eigenvalue weighted by molar-refractivity contribution is 0.0990. The van der Waals surface area contributed by atoms with Crippen molar-refractivity contribution >= 4 is 5.78 Å². The Labute approximate surface area is 106 Å². The number of carbonyl (C=O) groups is 1. The molecule has 5 nitrogen and oxygen atoms in total. The predicted octanol–water partition coefficient (Wildman–Crippen LogP) is 1.01. The molecule has 94 valence electrons. The third kappa shape index (κ3) is 2.62. The molecule has 2 N–H and O–H groups in total. The third-order valence-electron chi connectivity index (χ3n) is 2.79. The summed E-state index contributed by atoms with van der Waals surface area (Å²) in [5.41, 5.74) is 8.70. The molecule has 0 radical (unpaired) electrons. The molecule has 0 amide bonds. The Bertz CT molecular complexity index is 574. The van der Waals surface area contributed by atoms with Crippen LogP contribution in [0.15, 0.2) is 24.4 Å². The number of ketones is 1. The number of carbonyl (C=O) groups excluding carboxylic acids is 1. The van der Waals surface area contributed by atoms with Gasteiger partial charge < -0.3 is 5.73 Å². The van der Waals surface area contributed by atoms with Gasteiger partial charge in [0, 0.05) is 31.0 Å². The highest BCUT2D eigenvalue weighted by molar-refractivity contribution is 5.97. The lowest BCUT2D eigenvalue weighted by atomic mass is 10.1. The van der Waals surface area contributed by atoms with Gasteiger partial charge in [-0.15, -0.1) is 0 Å². The number of aryl methyl sites for hydroxylation is 2. The Morgan fingerprint density at radius 3 is 2.83 bits per heavy atom. The van der Waals surface area contributed by atoms with E-state index in [1.54, 1.807) is 23.0 Å². The van der Waals surface area contributed by atoms with Crippen LogP contribution >= 0.6 is 0 Å². The molecule has 5 heteroatoms. The van der Waals surface area contributed by atoms with E-state index < -0.39 is 0 Å². The number of rotatable bonds is 4. The maximum atomic E-state index is 12.1. The summed E-state index contributed by atoms with van der Waals surface area (Å²) in [6.45, 7) is 2.25. The van der Waals surface area contributed by atoms with Gasteiger partial charge in [-0.05, 0) is 25.1 Å². The van der Waals surface area contributed by atoms with Crippen molar-refractivity contribution in [1.82, 2.24) is 14.8 Å². The minimum absolute atomic E-state index is 0.0510. The van der Waals surface area contributed by atoms with Crippen LogP contribution in [-0.4, -0.2) is 20.5 Å². The number of hydrogen-bond donors (Lipinski definition) is 1. The molecule has 0 saturated carbocycles. The van der Waals surface area contributed by atoms with E-state index in [0.717, 1.165) is 17.1 Å². The molecule has 0 aliphatic heterocycles.